The quantitative estimate of drug-likeness (QED) is 0.814. The number of benzene rings is 2. The van der Waals surface area contributed by atoms with Crippen LogP contribution in [-0.2, 0) is 5.75 Å². The molecule has 0 radical (unpaired) electrons. The Kier molecular flexibility index (Phi) is 5.07. The zero-order valence-corrected chi connectivity index (χ0v) is 12.0. The lowest BCUT2D eigenvalue weighted by Gasteiger charge is -2.10. The van der Waals surface area contributed by atoms with Gasteiger partial charge in [-0.2, -0.15) is 0 Å². The zero-order chi connectivity index (χ0) is 14.4. The molecule has 20 heavy (non-hydrogen) atoms. The standard InChI is InChI=1S/C16H16O3S/c1-2-19-14-9-5-3-7-12(14)11-20-15-10-6-4-8-13(15)16(17)18/h3-10H,2,11H2,1H3,(H,17,18). The third kappa shape index (κ3) is 3.54. The van der Waals surface area contributed by atoms with Crippen LogP contribution < -0.4 is 4.74 Å². The average Bonchev–Trinajstić information content (AvgIpc) is 2.47. The van der Waals surface area contributed by atoms with Crippen molar-refractivity contribution in [1.82, 2.24) is 0 Å². The molecule has 0 unspecified atom stereocenters. The molecule has 0 fully saturated rings. The molecule has 3 nitrogen and oxygen atoms in total. The smallest absolute Gasteiger partial charge is 0.336 e. The van der Waals surface area contributed by atoms with E-state index in [9.17, 15) is 4.79 Å². The van der Waals surface area contributed by atoms with Gasteiger partial charge in [0.1, 0.15) is 5.75 Å². The van der Waals surface area contributed by atoms with Crippen molar-refractivity contribution in [1.29, 1.82) is 0 Å². The summed E-state index contributed by atoms with van der Waals surface area (Å²) in [7, 11) is 0. The van der Waals surface area contributed by atoms with E-state index >= 15 is 0 Å². The second kappa shape index (κ2) is 7.01. The van der Waals surface area contributed by atoms with Crippen LogP contribution in [0.25, 0.3) is 0 Å². The van der Waals surface area contributed by atoms with Gasteiger partial charge in [-0.05, 0) is 25.1 Å². The second-order valence-electron chi connectivity index (χ2n) is 4.13. The Labute approximate surface area is 122 Å². The number of carbonyl (C=O) groups is 1. The lowest BCUT2D eigenvalue weighted by Crippen LogP contribution is -1.99. The first-order valence-electron chi connectivity index (χ1n) is 6.38. The maximum absolute atomic E-state index is 11.2. The predicted molar refractivity (Wildman–Crippen MR) is 80.6 cm³/mol. The molecule has 2 aromatic rings. The topological polar surface area (TPSA) is 46.5 Å². The van der Waals surface area contributed by atoms with E-state index in [-0.39, 0.29) is 0 Å². The highest BCUT2D eigenvalue weighted by molar-refractivity contribution is 7.98. The summed E-state index contributed by atoms with van der Waals surface area (Å²) in [5, 5.41) is 9.16. The summed E-state index contributed by atoms with van der Waals surface area (Å²) in [6, 6.07) is 14.9. The van der Waals surface area contributed by atoms with Crippen LogP contribution in [0.3, 0.4) is 0 Å². The van der Waals surface area contributed by atoms with Gasteiger partial charge in [0.15, 0.2) is 0 Å². The van der Waals surface area contributed by atoms with Crippen LogP contribution in [0.4, 0.5) is 0 Å². The third-order valence-corrected chi connectivity index (χ3v) is 3.90. The number of hydrogen-bond acceptors (Lipinski definition) is 3. The van der Waals surface area contributed by atoms with Gasteiger partial charge in [0.05, 0.1) is 12.2 Å². The number of rotatable bonds is 6. The Bertz CT molecular complexity index is 596. The molecule has 4 heteroatoms. The maximum atomic E-state index is 11.2. The maximum Gasteiger partial charge on any atom is 0.336 e. The van der Waals surface area contributed by atoms with Crippen molar-refractivity contribution in [3.63, 3.8) is 0 Å². The monoisotopic (exact) mass is 288 g/mol. The SMILES string of the molecule is CCOc1ccccc1CSc1ccccc1C(=O)O. The minimum absolute atomic E-state index is 0.339. The van der Waals surface area contributed by atoms with Crippen molar-refractivity contribution >= 4 is 17.7 Å². The van der Waals surface area contributed by atoms with E-state index in [4.69, 9.17) is 9.84 Å². The first kappa shape index (κ1) is 14.5. The van der Waals surface area contributed by atoms with Crippen LogP contribution in [0, 0.1) is 0 Å². The number of para-hydroxylation sites is 1. The van der Waals surface area contributed by atoms with Gasteiger partial charge in [-0.25, -0.2) is 4.79 Å². The van der Waals surface area contributed by atoms with Gasteiger partial charge in [0, 0.05) is 16.2 Å². The molecule has 0 aliphatic rings. The number of thioether (sulfide) groups is 1. The van der Waals surface area contributed by atoms with Gasteiger partial charge in [0.2, 0.25) is 0 Å². The number of ether oxygens (including phenoxy) is 1. The lowest BCUT2D eigenvalue weighted by molar-refractivity contribution is 0.0693. The van der Waals surface area contributed by atoms with E-state index in [1.807, 2.05) is 43.3 Å². The Morgan fingerprint density at radius 3 is 2.60 bits per heavy atom. The normalized spacial score (nSPS) is 10.2. The van der Waals surface area contributed by atoms with Gasteiger partial charge in [0.25, 0.3) is 0 Å². The van der Waals surface area contributed by atoms with Crippen LogP contribution in [0.15, 0.2) is 53.4 Å². The largest absolute Gasteiger partial charge is 0.494 e. The number of carboxylic acids is 1. The molecule has 0 heterocycles. The highest BCUT2D eigenvalue weighted by Gasteiger charge is 2.10. The average molecular weight is 288 g/mol. The minimum Gasteiger partial charge on any atom is -0.494 e. The van der Waals surface area contributed by atoms with Crippen molar-refractivity contribution in [2.75, 3.05) is 6.61 Å². The zero-order valence-electron chi connectivity index (χ0n) is 11.2. The fraction of sp³-hybridized carbons (Fsp3) is 0.188. The van der Waals surface area contributed by atoms with Crippen LogP contribution in [0.1, 0.15) is 22.8 Å². The molecule has 0 atom stereocenters. The Morgan fingerprint density at radius 1 is 1.15 bits per heavy atom. The molecule has 0 aromatic heterocycles. The lowest BCUT2D eigenvalue weighted by atomic mass is 10.2. The highest BCUT2D eigenvalue weighted by atomic mass is 32.2. The molecule has 1 N–H and O–H groups in total. The summed E-state index contributed by atoms with van der Waals surface area (Å²) in [5.41, 5.74) is 1.41. The molecule has 0 aliphatic carbocycles. The second-order valence-corrected chi connectivity index (χ2v) is 5.15. The van der Waals surface area contributed by atoms with E-state index in [0.717, 1.165) is 16.2 Å². The molecule has 0 amide bonds. The van der Waals surface area contributed by atoms with E-state index in [0.29, 0.717) is 17.9 Å². The summed E-state index contributed by atoms with van der Waals surface area (Å²) in [5.74, 6) is 0.641. The molecule has 0 spiro atoms. The molecular formula is C16H16O3S. The number of carboxylic acid groups (broad SMARTS) is 1. The third-order valence-electron chi connectivity index (χ3n) is 2.77. The molecule has 0 saturated heterocycles. The molecular weight excluding hydrogens is 272 g/mol. The molecule has 0 aliphatic heterocycles. The van der Waals surface area contributed by atoms with Gasteiger partial charge in [-0.1, -0.05) is 30.3 Å². The molecule has 2 rings (SSSR count). The molecule has 0 bridgehead atoms. The first-order valence-corrected chi connectivity index (χ1v) is 7.36. The van der Waals surface area contributed by atoms with Gasteiger partial charge >= 0.3 is 5.97 Å². The fourth-order valence-corrected chi connectivity index (χ4v) is 2.88. The van der Waals surface area contributed by atoms with E-state index < -0.39 is 5.97 Å². The van der Waals surface area contributed by atoms with Crippen LogP contribution in [0.2, 0.25) is 0 Å². The minimum atomic E-state index is -0.897. The van der Waals surface area contributed by atoms with Gasteiger partial charge in [-0.15, -0.1) is 11.8 Å². The van der Waals surface area contributed by atoms with E-state index in [2.05, 4.69) is 0 Å². The summed E-state index contributed by atoms with van der Waals surface area (Å²) in [6.07, 6.45) is 0. The van der Waals surface area contributed by atoms with Gasteiger partial charge < -0.3 is 9.84 Å². The van der Waals surface area contributed by atoms with Crippen molar-refractivity contribution in [3.8, 4) is 5.75 Å². The fourth-order valence-electron chi connectivity index (χ4n) is 1.84. The number of hydrogen-bond donors (Lipinski definition) is 1. The summed E-state index contributed by atoms with van der Waals surface area (Å²) >= 11 is 1.51. The predicted octanol–water partition coefficient (Wildman–Crippen LogP) is 4.08. The summed E-state index contributed by atoms with van der Waals surface area (Å²) in [4.78, 5) is 11.9. The highest BCUT2D eigenvalue weighted by Crippen LogP contribution is 2.30. The first-order chi connectivity index (χ1) is 9.72. The van der Waals surface area contributed by atoms with E-state index in [1.54, 1.807) is 12.1 Å². The Morgan fingerprint density at radius 2 is 1.85 bits per heavy atom. The molecule has 2 aromatic carbocycles. The summed E-state index contributed by atoms with van der Waals surface area (Å²) in [6.45, 7) is 2.57. The van der Waals surface area contributed by atoms with Crippen molar-refractivity contribution < 1.29 is 14.6 Å². The van der Waals surface area contributed by atoms with Crippen LogP contribution in [0.5, 0.6) is 5.75 Å². The van der Waals surface area contributed by atoms with Crippen molar-refractivity contribution in [2.24, 2.45) is 0 Å². The van der Waals surface area contributed by atoms with Gasteiger partial charge in [-0.3, -0.25) is 0 Å². The van der Waals surface area contributed by atoms with Crippen LogP contribution >= 0.6 is 11.8 Å². The summed E-state index contributed by atoms with van der Waals surface area (Å²) < 4.78 is 5.57. The van der Waals surface area contributed by atoms with Crippen molar-refractivity contribution in [2.45, 2.75) is 17.6 Å². The Balaban J connectivity index is 2.15. The molecule has 104 valence electrons. The Hall–Kier alpha value is -1.94. The number of aromatic carboxylic acids is 1. The van der Waals surface area contributed by atoms with Crippen molar-refractivity contribution in [3.05, 3.63) is 59.7 Å². The van der Waals surface area contributed by atoms with E-state index in [1.165, 1.54) is 11.8 Å². The molecule has 0 saturated carbocycles. The van der Waals surface area contributed by atoms with Crippen LogP contribution in [-0.4, -0.2) is 17.7 Å².